The second kappa shape index (κ2) is 6.88. The van der Waals surface area contributed by atoms with Gasteiger partial charge in [-0.2, -0.15) is 0 Å². The standard InChI is InChI=1S/C16H21N3O5/c1-10-5-6-12(24-4)11(7-10)17-13(20)8-19-14(21)16(2,9-23-3)18-15(19)22/h5-7H,8-9H2,1-4H3,(H,17,20)(H,18,22). The van der Waals surface area contributed by atoms with Gasteiger partial charge in [-0.3, -0.25) is 14.5 Å². The van der Waals surface area contributed by atoms with Gasteiger partial charge in [0.2, 0.25) is 5.91 Å². The van der Waals surface area contributed by atoms with Crippen molar-refractivity contribution in [1.82, 2.24) is 10.2 Å². The summed E-state index contributed by atoms with van der Waals surface area (Å²) in [6.07, 6.45) is 0. The number of anilines is 1. The van der Waals surface area contributed by atoms with Crippen LogP contribution in [0.3, 0.4) is 0 Å². The summed E-state index contributed by atoms with van der Waals surface area (Å²) < 4.78 is 10.1. The topological polar surface area (TPSA) is 97.0 Å². The van der Waals surface area contributed by atoms with Crippen LogP contribution in [0, 0.1) is 6.92 Å². The van der Waals surface area contributed by atoms with Crippen molar-refractivity contribution in [2.24, 2.45) is 0 Å². The fourth-order valence-corrected chi connectivity index (χ4v) is 2.53. The van der Waals surface area contributed by atoms with E-state index in [4.69, 9.17) is 9.47 Å². The lowest BCUT2D eigenvalue weighted by Crippen LogP contribution is -2.48. The van der Waals surface area contributed by atoms with Crippen molar-refractivity contribution >= 4 is 23.5 Å². The molecule has 8 nitrogen and oxygen atoms in total. The number of amides is 4. The quantitative estimate of drug-likeness (QED) is 0.753. The summed E-state index contributed by atoms with van der Waals surface area (Å²) in [6.45, 7) is 3.07. The maximum Gasteiger partial charge on any atom is 0.325 e. The molecular formula is C16H21N3O5. The van der Waals surface area contributed by atoms with Gasteiger partial charge in [0.1, 0.15) is 17.8 Å². The first-order valence-electron chi connectivity index (χ1n) is 7.38. The molecule has 1 aliphatic heterocycles. The van der Waals surface area contributed by atoms with E-state index in [2.05, 4.69) is 10.6 Å². The number of benzene rings is 1. The Morgan fingerprint density at radius 3 is 2.67 bits per heavy atom. The van der Waals surface area contributed by atoms with Crippen molar-refractivity contribution in [2.45, 2.75) is 19.4 Å². The zero-order chi connectivity index (χ0) is 17.9. The average molecular weight is 335 g/mol. The van der Waals surface area contributed by atoms with Crippen LogP contribution in [0.5, 0.6) is 5.75 Å². The van der Waals surface area contributed by atoms with Gasteiger partial charge in [-0.05, 0) is 31.5 Å². The molecule has 1 saturated heterocycles. The van der Waals surface area contributed by atoms with Gasteiger partial charge in [0.05, 0.1) is 19.4 Å². The summed E-state index contributed by atoms with van der Waals surface area (Å²) >= 11 is 0. The highest BCUT2D eigenvalue weighted by Crippen LogP contribution is 2.25. The van der Waals surface area contributed by atoms with Crippen molar-refractivity contribution in [3.8, 4) is 5.75 Å². The monoisotopic (exact) mass is 335 g/mol. The number of imide groups is 1. The second-order valence-corrected chi connectivity index (χ2v) is 5.84. The van der Waals surface area contributed by atoms with E-state index in [-0.39, 0.29) is 13.2 Å². The maximum absolute atomic E-state index is 12.4. The number of hydrogen-bond donors (Lipinski definition) is 2. The van der Waals surface area contributed by atoms with Gasteiger partial charge in [0.15, 0.2) is 0 Å². The molecular weight excluding hydrogens is 314 g/mol. The highest BCUT2D eigenvalue weighted by Gasteiger charge is 2.48. The molecule has 1 aliphatic rings. The van der Waals surface area contributed by atoms with Crippen LogP contribution in [0.1, 0.15) is 12.5 Å². The number of hydrogen-bond acceptors (Lipinski definition) is 5. The van der Waals surface area contributed by atoms with Crippen LogP contribution < -0.4 is 15.4 Å². The van der Waals surface area contributed by atoms with Crippen LogP contribution >= 0.6 is 0 Å². The summed E-state index contributed by atoms with van der Waals surface area (Å²) in [5.41, 5.74) is 0.260. The number of carbonyl (C=O) groups excluding carboxylic acids is 3. The number of methoxy groups -OCH3 is 2. The molecule has 1 heterocycles. The van der Waals surface area contributed by atoms with E-state index in [0.29, 0.717) is 11.4 Å². The van der Waals surface area contributed by atoms with Crippen LogP contribution in [-0.2, 0) is 14.3 Å². The molecule has 1 aromatic rings. The molecule has 0 aliphatic carbocycles. The number of carbonyl (C=O) groups is 3. The van der Waals surface area contributed by atoms with Gasteiger partial charge < -0.3 is 20.1 Å². The molecule has 0 bridgehead atoms. The summed E-state index contributed by atoms with van der Waals surface area (Å²) in [6, 6.07) is 4.71. The van der Waals surface area contributed by atoms with Crippen molar-refractivity contribution in [3.63, 3.8) is 0 Å². The molecule has 1 atom stereocenters. The molecule has 1 aromatic carbocycles. The summed E-state index contributed by atoms with van der Waals surface area (Å²) in [5.74, 6) is -0.500. The average Bonchev–Trinajstić information content (AvgIpc) is 2.71. The van der Waals surface area contributed by atoms with Crippen LogP contribution in [0.25, 0.3) is 0 Å². The molecule has 0 aromatic heterocycles. The first-order valence-corrected chi connectivity index (χ1v) is 7.38. The third kappa shape index (κ3) is 3.48. The number of ether oxygens (including phenoxy) is 2. The first kappa shape index (κ1) is 17.7. The van der Waals surface area contributed by atoms with E-state index < -0.39 is 23.4 Å². The zero-order valence-electron chi connectivity index (χ0n) is 14.1. The number of urea groups is 1. The predicted molar refractivity (Wildman–Crippen MR) is 86.9 cm³/mol. The Kier molecular flexibility index (Phi) is 5.08. The van der Waals surface area contributed by atoms with Crippen LogP contribution in [0.2, 0.25) is 0 Å². The molecule has 2 rings (SSSR count). The zero-order valence-corrected chi connectivity index (χ0v) is 14.1. The minimum Gasteiger partial charge on any atom is -0.495 e. The summed E-state index contributed by atoms with van der Waals surface area (Å²) in [5, 5.41) is 5.20. The third-order valence-electron chi connectivity index (χ3n) is 3.71. The van der Waals surface area contributed by atoms with E-state index in [1.807, 2.05) is 13.0 Å². The van der Waals surface area contributed by atoms with Gasteiger partial charge in [-0.25, -0.2) is 4.79 Å². The number of nitrogens with one attached hydrogen (secondary N) is 2. The largest absolute Gasteiger partial charge is 0.495 e. The second-order valence-electron chi connectivity index (χ2n) is 5.84. The Balaban J connectivity index is 2.09. The highest BCUT2D eigenvalue weighted by molar-refractivity contribution is 6.10. The van der Waals surface area contributed by atoms with Gasteiger partial charge in [0.25, 0.3) is 5.91 Å². The molecule has 8 heteroatoms. The molecule has 0 spiro atoms. The first-order chi connectivity index (χ1) is 11.3. The lowest BCUT2D eigenvalue weighted by molar-refractivity contribution is -0.134. The van der Waals surface area contributed by atoms with E-state index in [1.54, 1.807) is 19.1 Å². The Morgan fingerprint density at radius 2 is 2.04 bits per heavy atom. The van der Waals surface area contributed by atoms with Gasteiger partial charge >= 0.3 is 6.03 Å². The molecule has 0 saturated carbocycles. The lowest BCUT2D eigenvalue weighted by Gasteiger charge is -2.20. The maximum atomic E-state index is 12.4. The van der Waals surface area contributed by atoms with Gasteiger partial charge in [-0.1, -0.05) is 6.07 Å². The Hall–Kier alpha value is -2.61. The van der Waals surface area contributed by atoms with E-state index in [1.165, 1.54) is 14.2 Å². The van der Waals surface area contributed by atoms with Crippen molar-refractivity contribution < 1.29 is 23.9 Å². The van der Waals surface area contributed by atoms with Crippen LogP contribution in [0.4, 0.5) is 10.5 Å². The van der Waals surface area contributed by atoms with Crippen molar-refractivity contribution in [2.75, 3.05) is 32.7 Å². The van der Waals surface area contributed by atoms with Crippen LogP contribution in [-0.4, -0.2) is 55.7 Å². The van der Waals surface area contributed by atoms with Crippen molar-refractivity contribution in [1.29, 1.82) is 0 Å². The highest BCUT2D eigenvalue weighted by atomic mass is 16.5. The molecule has 2 N–H and O–H groups in total. The van der Waals surface area contributed by atoms with Gasteiger partial charge in [-0.15, -0.1) is 0 Å². The Labute approximate surface area is 140 Å². The smallest absolute Gasteiger partial charge is 0.325 e. The SMILES string of the molecule is COCC1(C)NC(=O)N(CC(=O)Nc2cc(C)ccc2OC)C1=O. The molecule has 4 amide bonds. The summed E-state index contributed by atoms with van der Waals surface area (Å²) in [4.78, 5) is 37.4. The molecule has 24 heavy (non-hydrogen) atoms. The fourth-order valence-electron chi connectivity index (χ4n) is 2.53. The van der Waals surface area contributed by atoms with E-state index >= 15 is 0 Å². The predicted octanol–water partition coefficient (Wildman–Crippen LogP) is 0.899. The minimum absolute atomic E-state index is 0.0292. The molecule has 130 valence electrons. The Morgan fingerprint density at radius 1 is 1.33 bits per heavy atom. The minimum atomic E-state index is -1.16. The van der Waals surface area contributed by atoms with Crippen molar-refractivity contribution in [3.05, 3.63) is 23.8 Å². The van der Waals surface area contributed by atoms with Gasteiger partial charge in [0, 0.05) is 7.11 Å². The lowest BCUT2D eigenvalue weighted by atomic mass is 10.0. The molecule has 0 radical (unpaired) electrons. The third-order valence-corrected chi connectivity index (χ3v) is 3.71. The number of nitrogens with zero attached hydrogens (tertiary/aromatic N) is 1. The van der Waals surface area contributed by atoms with E-state index in [9.17, 15) is 14.4 Å². The van der Waals surface area contributed by atoms with E-state index in [0.717, 1.165) is 10.5 Å². The fraction of sp³-hybridized carbons (Fsp3) is 0.438. The molecule has 1 fully saturated rings. The Bertz CT molecular complexity index is 676. The number of aryl methyl sites for hydroxylation is 1. The summed E-state index contributed by atoms with van der Waals surface area (Å²) in [7, 11) is 2.93. The number of rotatable bonds is 6. The molecule has 1 unspecified atom stereocenters. The normalized spacial score (nSPS) is 20.1. The van der Waals surface area contributed by atoms with Crippen LogP contribution in [0.15, 0.2) is 18.2 Å².